The van der Waals surface area contributed by atoms with Gasteiger partial charge in [0.05, 0.1) is 5.52 Å². The van der Waals surface area contributed by atoms with Gasteiger partial charge in [0.25, 0.3) is 0 Å². The molecular formula is C22H19F3N2O4. The van der Waals surface area contributed by atoms with Gasteiger partial charge < -0.3 is 9.15 Å². The minimum Gasteiger partial charge on any atom is -0.408 e. The molecule has 1 aliphatic heterocycles. The zero-order valence-electron chi connectivity index (χ0n) is 16.8. The Balaban J connectivity index is 1.69. The number of hydrogen-bond donors (Lipinski definition) is 0. The number of benzene rings is 2. The molecule has 0 radical (unpaired) electrons. The normalized spacial score (nSPS) is 17.2. The van der Waals surface area contributed by atoms with Gasteiger partial charge in [-0.15, -0.1) is 13.2 Å². The number of fused-ring (bicyclic) bond motifs is 1. The van der Waals surface area contributed by atoms with Gasteiger partial charge in [-0.1, -0.05) is 13.0 Å². The predicted octanol–water partition coefficient (Wildman–Crippen LogP) is 4.93. The van der Waals surface area contributed by atoms with Crippen molar-refractivity contribution < 1.29 is 27.1 Å². The summed E-state index contributed by atoms with van der Waals surface area (Å²) in [6.45, 7) is 4.25. The minimum absolute atomic E-state index is 0.0889. The van der Waals surface area contributed by atoms with Gasteiger partial charge >= 0.3 is 12.1 Å². The Morgan fingerprint density at radius 1 is 1.13 bits per heavy atom. The number of alkyl halides is 3. The van der Waals surface area contributed by atoms with Gasteiger partial charge in [-0.05, 0) is 60.4 Å². The summed E-state index contributed by atoms with van der Waals surface area (Å²) in [6.07, 6.45) is -2.88. The third-order valence-electron chi connectivity index (χ3n) is 5.21. The van der Waals surface area contributed by atoms with E-state index in [2.05, 4.69) is 4.74 Å². The number of hydrogen-bond acceptors (Lipinski definition) is 4. The van der Waals surface area contributed by atoms with Gasteiger partial charge in [0, 0.05) is 24.9 Å². The first-order valence-electron chi connectivity index (χ1n) is 9.69. The van der Waals surface area contributed by atoms with Crippen molar-refractivity contribution in [1.29, 1.82) is 0 Å². The van der Waals surface area contributed by atoms with Crippen LogP contribution in [-0.2, 0) is 11.3 Å². The molecule has 9 heteroatoms. The Hall–Kier alpha value is -3.49. The molecule has 0 saturated heterocycles. The van der Waals surface area contributed by atoms with Crippen molar-refractivity contribution in [3.63, 3.8) is 0 Å². The number of carbonyl (C=O) groups is 1. The standard InChI is InChI=1S/C22H19F3N2O4/c1-3-26-18-9-4-14(11-19(18)30-21(26)29)17-12-27(20(28)10-13(17)2)15-5-7-16(8-6-15)31-22(23,24)25/h4-9,11-13H,3,10H2,1-2H3. The lowest BCUT2D eigenvalue weighted by molar-refractivity contribution is -0.274. The summed E-state index contributed by atoms with van der Waals surface area (Å²) in [5, 5.41) is 0. The number of anilines is 1. The van der Waals surface area contributed by atoms with E-state index < -0.39 is 12.1 Å². The van der Waals surface area contributed by atoms with Gasteiger partial charge in [-0.3, -0.25) is 14.3 Å². The Bertz CT molecular complexity index is 1220. The maximum absolute atomic E-state index is 12.6. The first-order valence-corrected chi connectivity index (χ1v) is 9.69. The topological polar surface area (TPSA) is 64.7 Å². The lowest BCUT2D eigenvalue weighted by Crippen LogP contribution is -2.31. The summed E-state index contributed by atoms with van der Waals surface area (Å²) in [6, 6.07) is 10.5. The van der Waals surface area contributed by atoms with Gasteiger partial charge in [0.2, 0.25) is 5.91 Å². The van der Waals surface area contributed by atoms with Gasteiger partial charge in [0.1, 0.15) is 5.75 Å². The highest BCUT2D eigenvalue weighted by atomic mass is 19.4. The largest absolute Gasteiger partial charge is 0.573 e. The summed E-state index contributed by atoms with van der Waals surface area (Å²) in [5.74, 6) is -1.06. The molecular weight excluding hydrogens is 413 g/mol. The van der Waals surface area contributed by atoms with E-state index in [4.69, 9.17) is 4.42 Å². The number of nitrogens with zero attached hydrogens (tertiary/aromatic N) is 2. The molecule has 0 aliphatic carbocycles. The molecule has 0 spiro atoms. The Kier molecular flexibility index (Phi) is 5.12. The maximum Gasteiger partial charge on any atom is 0.573 e. The van der Waals surface area contributed by atoms with Crippen molar-refractivity contribution in [2.75, 3.05) is 4.90 Å². The highest BCUT2D eigenvalue weighted by Gasteiger charge is 2.31. The van der Waals surface area contributed by atoms with E-state index in [9.17, 15) is 22.8 Å². The fourth-order valence-electron chi connectivity index (χ4n) is 3.74. The van der Waals surface area contributed by atoms with Crippen molar-refractivity contribution >= 4 is 28.3 Å². The molecule has 1 atom stereocenters. The van der Waals surface area contributed by atoms with Gasteiger partial charge in [0.15, 0.2) is 5.58 Å². The van der Waals surface area contributed by atoms with Crippen LogP contribution in [0.25, 0.3) is 16.7 Å². The lowest BCUT2D eigenvalue weighted by atomic mass is 9.89. The zero-order chi connectivity index (χ0) is 22.3. The molecule has 2 heterocycles. The fraction of sp³-hybridized carbons (Fsp3) is 0.273. The Labute approximate surface area is 175 Å². The molecule has 1 aliphatic rings. The number of aromatic nitrogens is 1. The van der Waals surface area contributed by atoms with E-state index in [1.807, 2.05) is 19.9 Å². The van der Waals surface area contributed by atoms with Gasteiger partial charge in [-0.25, -0.2) is 4.79 Å². The van der Waals surface area contributed by atoms with Crippen molar-refractivity contribution in [1.82, 2.24) is 4.57 Å². The summed E-state index contributed by atoms with van der Waals surface area (Å²) in [4.78, 5) is 26.0. The average Bonchev–Trinajstić information content (AvgIpc) is 3.01. The van der Waals surface area contributed by atoms with E-state index in [0.29, 0.717) is 23.3 Å². The second-order valence-electron chi connectivity index (χ2n) is 7.29. The molecule has 162 valence electrons. The monoisotopic (exact) mass is 432 g/mol. The van der Waals surface area contributed by atoms with Crippen molar-refractivity contribution in [3.8, 4) is 5.75 Å². The number of ether oxygens (including phenoxy) is 1. The number of amides is 1. The first kappa shape index (κ1) is 20.8. The van der Waals surface area contributed by atoms with E-state index >= 15 is 0 Å². The molecule has 1 amide bonds. The van der Waals surface area contributed by atoms with Crippen LogP contribution in [0.1, 0.15) is 25.8 Å². The molecule has 31 heavy (non-hydrogen) atoms. The summed E-state index contributed by atoms with van der Waals surface area (Å²) in [5.41, 5.74) is 3.22. The van der Waals surface area contributed by atoms with Crippen LogP contribution in [-0.4, -0.2) is 16.8 Å². The maximum atomic E-state index is 12.6. The zero-order valence-corrected chi connectivity index (χ0v) is 16.8. The third-order valence-corrected chi connectivity index (χ3v) is 5.21. The summed E-state index contributed by atoms with van der Waals surface area (Å²) in [7, 11) is 0. The fourth-order valence-corrected chi connectivity index (χ4v) is 3.74. The molecule has 0 N–H and O–H groups in total. The second kappa shape index (κ2) is 7.64. The number of halogens is 3. The van der Waals surface area contributed by atoms with E-state index in [1.54, 1.807) is 18.3 Å². The average molecular weight is 432 g/mol. The Morgan fingerprint density at radius 3 is 2.48 bits per heavy atom. The number of carbonyl (C=O) groups excluding carboxylic acids is 1. The van der Waals surface area contributed by atoms with Crippen LogP contribution in [0.3, 0.4) is 0 Å². The molecule has 3 aromatic rings. The molecule has 1 aromatic heterocycles. The highest BCUT2D eigenvalue weighted by Crippen LogP contribution is 2.35. The van der Waals surface area contributed by atoms with E-state index in [1.165, 1.54) is 21.6 Å². The lowest BCUT2D eigenvalue weighted by Gasteiger charge is -2.29. The second-order valence-corrected chi connectivity index (χ2v) is 7.29. The van der Waals surface area contributed by atoms with Crippen molar-refractivity contribution in [2.45, 2.75) is 33.2 Å². The van der Waals surface area contributed by atoms with Crippen LogP contribution in [0.15, 0.2) is 57.9 Å². The first-order chi connectivity index (χ1) is 14.7. The third kappa shape index (κ3) is 4.08. The van der Waals surface area contributed by atoms with Crippen LogP contribution in [0.5, 0.6) is 5.75 Å². The number of allylic oxidation sites excluding steroid dienone is 1. The van der Waals surface area contributed by atoms with Crippen molar-refractivity contribution in [3.05, 3.63) is 64.8 Å². The molecule has 1 unspecified atom stereocenters. The summed E-state index contributed by atoms with van der Waals surface area (Å²) < 4.78 is 47.9. The summed E-state index contributed by atoms with van der Waals surface area (Å²) >= 11 is 0. The van der Waals surface area contributed by atoms with Crippen molar-refractivity contribution in [2.24, 2.45) is 5.92 Å². The van der Waals surface area contributed by atoms with E-state index in [0.717, 1.165) is 23.3 Å². The number of aryl methyl sites for hydroxylation is 1. The van der Waals surface area contributed by atoms with Crippen LogP contribution < -0.4 is 15.4 Å². The van der Waals surface area contributed by atoms with Crippen LogP contribution >= 0.6 is 0 Å². The molecule has 0 saturated carbocycles. The van der Waals surface area contributed by atoms with E-state index in [-0.39, 0.29) is 24.0 Å². The molecule has 6 nitrogen and oxygen atoms in total. The molecule has 0 fully saturated rings. The SMILES string of the molecule is CCn1c(=O)oc2cc(C3=CN(c4ccc(OC(F)(F)F)cc4)C(=O)CC3C)ccc21. The molecule has 4 rings (SSSR count). The van der Waals surface area contributed by atoms with Gasteiger partial charge in [-0.2, -0.15) is 0 Å². The molecule has 2 aromatic carbocycles. The quantitative estimate of drug-likeness (QED) is 0.587. The molecule has 0 bridgehead atoms. The van der Waals surface area contributed by atoms with Crippen LogP contribution in [0.4, 0.5) is 18.9 Å². The highest BCUT2D eigenvalue weighted by molar-refractivity contribution is 6.00. The van der Waals surface area contributed by atoms with Crippen LogP contribution in [0.2, 0.25) is 0 Å². The predicted molar refractivity (Wildman–Crippen MR) is 109 cm³/mol. The van der Waals surface area contributed by atoms with Crippen LogP contribution in [0, 0.1) is 5.92 Å². The number of oxazole rings is 1. The Morgan fingerprint density at radius 2 is 1.84 bits per heavy atom. The number of rotatable bonds is 4. The minimum atomic E-state index is -4.78. The smallest absolute Gasteiger partial charge is 0.408 e.